The standard InChI is InChI=1S/C31H29BN4O4/c1-3-24(33)29(37)34-28-30(38)35(18-22-20-12-9-13-23(32)21(20)16-17-27(22)40-2)25-14-7-8-15-26(25)36(31(28)39)19-10-5-4-6-11-19/h4-17,24,28H,3,18,33H2,1-2H3,(H,34,37)/t24-,28?/m0/s1. The maximum absolute atomic E-state index is 14.3. The quantitative estimate of drug-likeness (QED) is 0.281. The highest BCUT2D eigenvalue weighted by Gasteiger charge is 2.42. The lowest BCUT2D eigenvalue weighted by molar-refractivity contribution is -0.134. The maximum atomic E-state index is 14.3. The number of fused-ring (bicyclic) bond motifs is 2. The van der Waals surface area contributed by atoms with Crippen molar-refractivity contribution in [1.29, 1.82) is 0 Å². The highest BCUT2D eigenvalue weighted by atomic mass is 16.5. The summed E-state index contributed by atoms with van der Waals surface area (Å²) in [6.07, 6.45) is 0.349. The van der Waals surface area contributed by atoms with Gasteiger partial charge in [0.2, 0.25) is 5.91 Å². The topological polar surface area (TPSA) is 105 Å². The zero-order valence-corrected chi connectivity index (χ0v) is 22.3. The molecule has 1 aliphatic rings. The van der Waals surface area contributed by atoms with E-state index in [1.54, 1.807) is 50.4 Å². The molecule has 5 rings (SSSR count). The van der Waals surface area contributed by atoms with Gasteiger partial charge < -0.3 is 20.7 Å². The molecular weight excluding hydrogens is 503 g/mol. The Labute approximate surface area is 234 Å². The molecule has 3 amide bonds. The number of hydrogen-bond donors (Lipinski definition) is 2. The number of amides is 3. The van der Waals surface area contributed by atoms with Gasteiger partial charge >= 0.3 is 0 Å². The number of benzene rings is 4. The van der Waals surface area contributed by atoms with E-state index in [0.717, 1.165) is 10.8 Å². The first-order chi connectivity index (χ1) is 19.3. The highest BCUT2D eigenvalue weighted by molar-refractivity contribution is 6.39. The average Bonchev–Trinajstić information content (AvgIpc) is 3.06. The summed E-state index contributed by atoms with van der Waals surface area (Å²) in [6, 6.07) is 23.1. The van der Waals surface area contributed by atoms with E-state index in [2.05, 4.69) is 5.32 Å². The number of ether oxygens (including phenoxy) is 1. The van der Waals surface area contributed by atoms with Gasteiger partial charge in [0.25, 0.3) is 11.8 Å². The van der Waals surface area contributed by atoms with Crippen LogP contribution >= 0.6 is 0 Å². The molecule has 200 valence electrons. The molecule has 1 heterocycles. The number of nitrogens with one attached hydrogen (secondary N) is 1. The first kappa shape index (κ1) is 27.0. The largest absolute Gasteiger partial charge is 0.496 e. The second kappa shape index (κ2) is 11.2. The van der Waals surface area contributed by atoms with E-state index in [0.29, 0.717) is 40.3 Å². The number of carbonyl (C=O) groups excluding carboxylic acids is 3. The molecule has 2 radical (unpaired) electrons. The van der Waals surface area contributed by atoms with Crippen molar-refractivity contribution in [3.8, 4) is 5.75 Å². The van der Waals surface area contributed by atoms with Gasteiger partial charge in [-0.1, -0.05) is 67.0 Å². The average molecular weight is 532 g/mol. The zero-order valence-electron chi connectivity index (χ0n) is 22.3. The Morgan fingerprint density at radius 2 is 1.62 bits per heavy atom. The van der Waals surface area contributed by atoms with Crippen molar-refractivity contribution < 1.29 is 19.1 Å². The van der Waals surface area contributed by atoms with Gasteiger partial charge in [-0.2, -0.15) is 0 Å². The predicted octanol–water partition coefficient (Wildman–Crippen LogP) is 3.08. The Balaban J connectivity index is 1.71. The van der Waals surface area contributed by atoms with E-state index in [1.165, 1.54) is 9.80 Å². The van der Waals surface area contributed by atoms with Crippen molar-refractivity contribution in [1.82, 2.24) is 5.32 Å². The Morgan fingerprint density at radius 1 is 0.925 bits per heavy atom. The van der Waals surface area contributed by atoms with Crippen LogP contribution in [0.25, 0.3) is 10.8 Å². The molecule has 8 nitrogen and oxygen atoms in total. The minimum Gasteiger partial charge on any atom is -0.496 e. The van der Waals surface area contributed by atoms with E-state index in [9.17, 15) is 14.4 Å². The van der Waals surface area contributed by atoms with Crippen LogP contribution in [0.5, 0.6) is 5.75 Å². The Morgan fingerprint density at radius 3 is 2.33 bits per heavy atom. The second-order valence-electron chi connectivity index (χ2n) is 9.57. The molecule has 2 atom stereocenters. The molecule has 3 N–H and O–H groups in total. The minimum atomic E-state index is -1.51. The van der Waals surface area contributed by atoms with Crippen molar-refractivity contribution in [2.45, 2.75) is 32.0 Å². The molecule has 0 saturated heterocycles. The number of carbonyl (C=O) groups is 3. The fourth-order valence-electron chi connectivity index (χ4n) is 5.01. The van der Waals surface area contributed by atoms with Crippen LogP contribution in [-0.2, 0) is 20.9 Å². The molecule has 0 saturated carbocycles. The van der Waals surface area contributed by atoms with Gasteiger partial charge in [0.1, 0.15) is 13.6 Å². The fraction of sp³-hybridized carbons (Fsp3) is 0.194. The van der Waals surface area contributed by atoms with E-state index in [-0.39, 0.29) is 6.54 Å². The molecule has 0 spiro atoms. The number of nitrogens with two attached hydrogens (primary N) is 1. The summed E-state index contributed by atoms with van der Waals surface area (Å²) in [7, 11) is 7.83. The summed E-state index contributed by atoms with van der Waals surface area (Å²) < 4.78 is 5.70. The van der Waals surface area contributed by atoms with E-state index < -0.39 is 29.8 Å². The van der Waals surface area contributed by atoms with Crippen LogP contribution in [0.4, 0.5) is 17.1 Å². The van der Waals surface area contributed by atoms with Crippen LogP contribution in [0.15, 0.2) is 84.9 Å². The third-order valence-corrected chi connectivity index (χ3v) is 7.17. The van der Waals surface area contributed by atoms with Crippen molar-refractivity contribution in [3.63, 3.8) is 0 Å². The fourth-order valence-corrected chi connectivity index (χ4v) is 5.01. The van der Waals surface area contributed by atoms with Gasteiger partial charge in [0.05, 0.1) is 31.1 Å². The van der Waals surface area contributed by atoms with Gasteiger partial charge in [0, 0.05) is 11.3 Å². The molecule has 9 heteroatoms. The van der Waals surface area contributed by atoms with Crippen LogP contribution in [-0.4, -0.2) is 44.8 Å². The van der Waals surface area contributed by atoms with Crippen molar-refractivity contribution >= 4 is 58.9 Å². The molecular formula is C31H29BN4O4. The van der Waals surface area contributed by atoms with Gasteiger partial charge in [0.15, 0.2) is 6.04 Å². The summed E-state index contributed by atoms with van der Waals surface area (Å²) >= 11 is 0. The first-order valence-corrected chi connectivity index (χ1v) is 13.0. The molecule has 4 aromatic carbocycles. The van der Waals surface area contributed by atoms with Crippen molar-refractivity contribution in [3.05, 3.63) is 90.5 Å². The van der Waals surface area contributed by atoms with E-state index >= 15 is 0 Å². The number of hydrogen-bond acceptors (Lipinski definition) is 5. The van der Waals surface area contributed by atoms with E-state index in [4.69, 9.17) is 18.3 Å². The van der Waals surface area contributed by atoms with Gasteiger partial charge in [-0.05, 0) is 47.5 Å². The zero-order chi connectivity index (χ0) is 28.4. The van der Waals surface area contributed by atoms with Gasteiger partial charge in [-0.25, -0.2) is 0 Å². The maximum Gasteiger partial charge on any atom is 0.264 e. The Hall–Kier alpha value is -4.63. The number of anilines is 3. The van der Waals surface area contributed by atoms with E-state index in [1.807, 2.05) is 48.5 Å². The second-order valence-corrected chi connectivity index (χ2v) is 9.57. The van der Waals surface area contributed by atoms with Crippen LogP contribution in [0, 0.1) is 0 Å². The smallest absolute Gasteiger partial charge is 0.264 e. The third-order valence-electron chi connectivity index (χ3n) is 7.17. The minimum absolute atomic E-state index is 0.0575. The summed E-state index contributed by atoms with van der Waals surface area (Å²) in [5.74, 6) is -1.19. The lowest BCUT2D eigenvalue weighted by Gasteiger charge is -2.27. The number of para-hydroxylation sites is 3. The molecule has 40 heavy (non-hydrogen) atoms. The van der Waals surface area contributed by atoms with Gasteiger partial charge in [-0.3, -0.25) is 19.3 Å². The molecule has 1 aliphatic heterocycles. The lowest BCUT2D eigenvalue weighted by Crippen LogP contribution is -2.57. The molecule has 0 fully saturated rings. The van der Waals surface area contributed by atoms with Crippen molar-refractivity contribution in [2.75, 3.05) is 16.9 Å². The highest BCUT2D eigenvalue weighted by Crippen LogP contribution is 2.40. The van der Waals surface area contributed by atoms with Crippen LogP contribution in [0.2, 0.25) is 0 Å². The summed E-state index contributed by atoms with van der Waals surface area (Å²) in [4.78, 5) is 44.3. The molecule has 1 unspecified atom stereocenters. The first-order valence-electron chi connectivity index (χ1n) is 13.0. The monoisotopic (exact) mass is 532 g/mol. The molecule has 4 aromatic rings. The number of methoxy groups -OCH3 is 1. The predicted molar refractivity (Wildman–Crippen MR) is 157 cm³/mol. The van der Waals surface area contributed by atoms with Crippen LogP contribution in [0.1, 0.15) is 18.9 Å². The Kier molecular flexibility index (Phi) is 7.57. The van der Waals surface area contributed by atoms with Crippen molar-refractivity contribution in [2.24, 2.45) is 5.73 Å². The normalized spacial score (nSPS) is 15.9. The summed E-state index contributed by atoms with van der Waals surface area (Å²) in [6.45, 7) is 1.82. The van der Waals surface area contributed by atoms with Gasteiger partial charge in [-0.15, -0.1) is 0 Å². The molecule has 0 aromatic heterocycles. The lowest BCUT2D eigenvalue weighted by atomic mass is 9.88. The molecule has 0 bridgehead atoms. The summed E-state index contributed by atoms with van der Waals surface area (Å²) in [5.41, 5.74) is 8.85. The Bertz CT molecular complexity index is 1590. The third kappa shape index (κ3) is 4.80. The summed E-state index contributed by atoms with van der Waals surface area (Å²) in [5, 5.41) is 4.26. The molecule has 0 aliphatic carbocycles. The van der Waals surface area contributed by atoms with Crippen LogP contribution < -0.4 is 31.0 Å². The number of rotatable bonds is 7. The number of nitrogens with zero attached hydrogens (tertiary/aromatic N) is 2. The van der Waals surface area contributed by atoms with Crippen LogP contribution in [0.3, 0.4) is 0 Å². The SMILES string of the molecule is [B]c1cccc2c(CN3C(=O)C(NC(=O)[C@@H](N)CC)C(=O)N(c4ccccc4)c4ccccc43)c(OC)ccc12.